The molecule has 1 aromatic carbocycles. The van der Waals surface area contributed by atoms with E-state index in [2.05, 4.69) is 10.1 Å². The van der Waals surface area contributed by atoms with Gasteiger partial charge in [-0.15, -0.1) is 0 Å². The van der Waals surface area contributed by atoms with Gasteiger partial charge in [0.1, 0.15) is 9.84 Å². The van der Waals surface area contributed by atoms with Crippen molar-refractivity contribution in [1.82, 2.24) is 0 Å². The lowest BCUT2D eigenvalue weighted by atomic mass is 10.1. The molecule has 19 heavy (non-hydrogen) atoms. The molecule has 104 valence electrons. The Kier molecular flexibility index (Phi) is 4.09. The summed E-state index contributed by atoms with van der Waals surface area (Å²) in [7, 11) is -1.49. The Hall–Kier alpha value is -1.56. The van der Waals surface area contributed by atoms with Crippen LogP contribution in [-0.2, 0) is 14.6 Å². The minimum Gasteiger partial charge on any atom is -0.465 e. The summed E-state index contributed by atoms with van der Waals surface area (Å²) in [5, 5.41) is 3.29. The van der Waals surface area contributed by atoms with Gasteiger partial charge in [0, 0.05) is 11.7 Å². The highest BCUT2D eigenvalue weighted by molar-refractivity contribution is 7.91. The largest absolute Gasteiger partial charge is 0.465 e. The lowest BCUT2D eigenvalue weighted by Crippen LogP contribution is -2.32. The molecule has 2 rings (SSSR count). The van der Waals surface area contributed by atoms with Gasteiger partial charge in [0.25, 0.3) is 0 Å². The van der Waals surface area contributed by atoms with Gasteiger partial charge in [0.2, 0.25) is 0 Å². The maximum Gasteiger partial charge on any atom is 0.337 e. The number of nitrogens with one attached hydrogen (secondary N) is 1. The first-order valence-corrected chi connectivity index (χ1v) is 7.98. The number of carbonyl (C=O) groups excluding carboxylic acids is 1. The zero-order valence-corrected chi connectivity index (χ0v) is 11.6. The normalized spacial score (nSPS) is 18.8. The fourth-order valence-electron chi connectivity index (χ4n) is 2.09. The zero-order valence-electron chi connectivity index (χ0n) is 10.8. The zero-order chi connectivity index (χ0) is 13.9. The molecule has 1 aromatic rings. The molecule has 0 saturated carbocycles. The quantitative estimate of drug-likeness (QED) is 0.850. The van der Waals surface area contributed by atoms with Crippen molar-refractivity contribution >= 4 is 21.5 Å². The van der Waals surface area contributed by atoms with Crippen molar-refractivity contribution in [1.29, 1.82) is 0 Å². The summed E-state index contributed by atoms with van der Waals surface area (Å²) >= 11 is 0. The van der Waals surface area contributed by atoms with Gasteiger partial charge in [-0.25, -0.2) is 13.2 Å². The number of hydrogen-bond acceptors (Lipinski definition) is 5. The number of methoxy groups -OCH3 is 1. The molecule has 0 unspecified atom stereocenters. The summed E-state index contributed by atoms with van der Waals surface area (Å²) in [6, 6.07) is 7.15. The van der Waals surface area contributed by atoms with Gasteiger partial charge in [0.05, 0.1) is 24.2 Å². The summed E-state index contributed by atoms with van der Waals surface area (Å²) in [4.78, 5) is 11.3. The topological polar surface area (TPSA) is 72.5 Å². The SMILES string of the molecule is COC(=O)c1ccc(NC2CCS(=O)(=O)CC2)cc1. The van der Waals surface area contributed by atoms with Crippen LogP contribution in [0.25, 0.3) is 0 Å². The highest BCUT2D eigenvalue weighted by atomic mass is 32.2. The van der Waals surface area contributed by atoms with Crippen LogP contribution >= 0.6 is 0 Å². The summed E-state index contributed by atoms with van der Waals surface area (Å²) in [6.45, 7) is 0. The molecule has 0 bridgehead atoms. The summed E-state index contributed by atoms with van der Waals surface area (Å²) in [5.74, 6) is 0.117. The first-order valence-electron chi connectivity index (χ1n) is 6.15. The van der Waals surface area contributed by atoms with Gasteiger partial charge >= 0.3 is 5.97 Å². The molecule has 1 aliphatic rings. The number of benzene rings is 1. The predicted octanol–water partition coefficient (Wildman–Crippen LogP) is 1.46. The lowest BCUT2D eigenvalue weighted by molar-refractivity contribution is 0.0601. The minimum absolute atomic E-state index is 0.174. The molecule has 0 spiro atoms. The Morgan fingerprint density at radius 1 is 1.21 bits per heavy atom. The van der Waals surface area contributed by atoms with Crippen molar-refractivity contribution < 1.29 is 17.9 Å². The van der Waals surface area contributed by atoms with E-state index < -0.39 is 9.84 Å². The van der Waals surface area contributed by atoms with Crippen LogP contribution in [0.5, 0.6) is 0 Å². The maximum absolute atomic E-state index is 11.3. The van der Waals surface area contributed by atoms with E-state index in [0.29, 0.717) is 18.4 Å². The van der Waals surface area contributed by atoms with E-state index in [1.54, 1.807) is 24.3 Å². The fourth-order valence-corrected chi connectivity index (χ4v) is 3.58. The van der Waals surface area contributed by atoms with Gasteiger partial charge in [0.15, 0.2) is 0 Å². The number of esters is 1. The molecular formula is C13H17NO4S. The molecule has 0 atom stereocenters. The number of anilines is 1. The Labute approximate surface area is 112 Å². The summed E-state index contributed by atoms with van der Waals surface area (Å²) < 4.78 is 27.3. The number of rotatable bonds is 3. The van der Waals surface area contributed by atoms with E-state index in [1.165, 1.54) is 7.11 Å². The maximum atomic E-state index is 11.3. The lowest BCUT2D eigenvalue weighted by Gasteiger charge is -2.24. The standard InChI is InChI=1S/C13H17NO4S/c1-18-13(15)10-2-4-11(5-3-10)14-12-6-8-19(16,17)9-7-12/h2-5,12,14H,6-9H2,1H3. The van der Waals surface area contributed by atoms with Crippen LogP contribution in [0.2, 0.25) is 0 Å². The second-order valence-electron chi connectivity index (χ2n) is 4.64. The monoisotopic (exact) mass is 283 g/mol. The first kappa shape index (κ1) is 13.9. The molecule has 1 fully saturated rings. The van der Waals surface area contributed by atoms with Gasteiger partial charge in [-0.1, -0.05) is 0 Å². The predicted molar refractivity (Wildman–Crippen MR) is 73.1 cm³/mol. The third-order valence-corrected chi connectivity index (χ3v) is 4.95. The van der Waals surface area contributed by atoms with Gasteiger partial charge in [-0.05, 0) is 37.1 Å². The smallest absolute Gasteiger partial charge is 0.337 e. The van der Waals surface area contributed by atoms with Gasteiger partial charge < -0.3 is 10.1 Å². The van der Waals surface area contributed by atoms with Crippen LogP contribution in [-0.4, -0.2) is 39.0 Å². The number of carbonyl (C=O) groups is 1. The number of ether oxygens (including phenoxy) is 1. The second-order valence-corrected chi connectivity index (χ2v) is 6.94. The second kappa shape index (κ2) is 5.61. The molecule has 5 nitrogen and oxygen atoms in total. The third kappa shape index (κ3) is 3.70. The molecular weight excluding hydrogens is 266 g/mol. The Bertz CT molecular complexity index is 537. The molecule has 1 heterocycles. The van der Waals surface area contributed by atoms with Crippen LogP contribution in [0, 0.1) is 0 Å². The van der Waals surface area contributed by atoms with Crippen LogP contribution in [0.3, 0.4) is 0 Å². The molecule has 0 aliphatic carbocycles. The minimum atomic E-state index is -2.83. The Balaban J connectivity index is 1.95. The molecule has 1 aliphatic heterocycles. The van der Waals surface area contributed by atoms with Crippen molar-refractivity contribution in [3.05, 3.63) is 29.8 Å². The summed E-state index contributed by atoms with van der Waals surface area (Å²) in [5.41, 5.74) is 1.39. The van der Waals surface area contributed by atoms with E-state index >= 15 is 0 Å². The van der Waals surface area contributed by atoms with Gasteiger partial charge in [-0.3, -0.25) is 0 Å². The van der Waals surface area contributed by atoms with Crippen molar-refractivity contribution in [2.75, 3.05) is 23.9 Å². The van der Waals surface area contributed by atoms with Crippen molar-refractivity contribution in [3.8, 4) is 0 Å². The van der Waals surface area contributed by atoms with Crippen molar-refractivity contribution in [3.63, 3.8) is 0 Å². The highest BCUT2D eigenvalue weighted by Gasteiger charge is 2.23. The van der Waals surface area contributed by atoms with Crippen LogP contribution in [0.15, 0.2) is 24.3 Å². The Morgan fingerprint density at radius 3 is 2.32 bits per heavy atom. The van der Waals surface area contributed by atoms with Crippen molar-refractivity contribution in [2.24, 2.45) is 0 Å². The van der Waals surface area contributed by atoms with E-state index in [4.69, 9.17) is 0 Å². The molecule has 0 amide bonds. The molecule has 1 N–H and O–H groups in total. The van der Waals surface area contributed by atoms with Gasteiger partial charge in [-0.2, -0.15) is 0 Å². The summed E-state index contributed by atoms with van der Waals surface area (Å²) in [6.07, 6.45) is 1.25. The van der Waals surface area contributed by atoms with E-state index in [1.807, 2.05) is 0 Å². The highest BCUT2D eigenvalue weighted by Crippen LogP contribution is 2.18. The van der Waals surface area contributed by atoms with Crippen LogP contribution < -0.4 is 5.32 Å². The average molecular weight is 283 g/mol. The molecule has 0 radical (unpaired) electrons. The number of sulfone groups is 1. The first-order chi connectivity index (χ1) is 9.00. The van der Waals surface area contributed by atoms with Crippen LogP contribution in [0.4, 0.5) is 5.69 Å². The fraction of sp³-hybridized carbons (Fsp3) is 0.462. The van der Waals surface area contributed by atoms with Crippen molar-refractivity contribution in [2.45, 2.75) is 18.9 Å². The average Bonchev–Trinajstić information content (AvgIpc) is 2.41. The van der Waals surface area contributed by atoms with Crippen LogP contribution in [0.1, 0.15) is 23.2 Å². The Morgan fingerprint density at radius 2 is 1.79 bits per heavy atom. The molecule has 6 heteroatoms. The van der Waals surface area contributed by atoms with E-state index in [0.717, 1.165) is 5.69 Å². The number of hydrogen-bond donors (Lipinski definition) is 1. The molecule has 1 saturated heterocycles. The van der Waals surface area contributed by atoms with E-state index in [-0.39, 0.29) is 23.5 Å². The molecule has 0 aromatic heterocycles. The van der Waals surface area contributed by atoms with E-state index in [9.17, 15) is 13.2 Å². The third-order valence-electron chi connectivity index (χ3n) is 3.23.